The number of benzene rings is 2. The third-order valence-electron chi connectivity index (χ3n) is 2.73. The zero-order valence-corrected chi connectivity index (χ0v) is 9.37. The highest BCUT2D eigenvalue weighted by Gasteiger charge is 2.09. The van der Waals surface area contributed by atoms with Crippen molar-refractivity contribution in [2.45, 2.75) is 11.5 Å². The molecule has 0 aliphatic rings. The van der Waals surface area contributed by atoms with Crippen molar-refractivity contribution >= 4 is 34.6 Å². The van der Waals surface area contributed by atoms with E-state index in [4.69, 9.17) is 4.42 Å². The minimum Gasteiger partial charge on any atom is -0.456 e. The summed E-state index contributed by atoms with van der Waals surface area (Å²) in [6, 6.07) is 11.6. The summed E-state index contributed by atoms with van der Waals surface area (Å²) in [6.07, 6.45) is 0. The molecule has 80 valence electrons. The molecule has 0 amide bonds. The SMILES string of the molecule is OCc1cccc2c1oc1ccc(S)cc12. The molecule has 2 aromatic carbocycles. The van der Waals surface area contributed by atoms with Crippen molar-refractivity contribution in [1.82, 2.24) is 0 Å². The van der Waals surface area contributed by atoms with Crippen LogP contribution in [0, 0.1) is 0 Å². The summed E-state index contributed by atoms with van der Waals surface area (Å²) in [5, 5.41) is 11.3. The number of hydrogen-bond acceptors (Lipinski definition) is 3. The van der Waals surface area contributed by atoms with Gasteiger partial charge in [0.15, 0.2) is 0 Å². The van der Waals surface area contributed by atoms with Gasteiger partial charge in [0.25, 0.3) is 0 Å². The first-order valence-corrected chi connectivity index (χ1v) is 5.48. The summed E-state index contributed by atoms with van der Waals surface area (Å²) in [4.78, 5) is 0.907. The molecule has 1 heterocycles. The Bertz CT molecular complexity index is 670. The van der Waals surface area contributed by atoms with Gasteiger partial charge in [-0.15, -0.1) is 12.6 Å². The van der Waals surface area contributed by atoms with Crippen LogP contribution in [0.1, 0.15) is 5.56 Å². The molecule has 0 bridgehead atoms. The third kappa shape index (κ3) is 1.32. The molecule has 3 heteroatoms. The van der Waals surface area contributed by atoms with E-state index >= 15 is 0 Å². The van der Waals surface area contributed by atoms with E-state index in [9.17, 15) is 5.11 Å². The number of rotatable bonds is 1. The Labute approximate surface area is 97.9 Å². The van der Waals surface area contributed by atoms with Gasteiger partial charge in [0.2, 0.25) is 0 Å². The second-order valence-electron chi connectivity index (χ2n) is 3.73. The minimum atomic E-state index is -0.00903. The summed E-state index contributed by atoms with van der Waals surface area (Å²) >= 11 is 4.32. The number of fused-ring (bicyclic) bond motifs is 3. The molecule has 1 N–H and O–H groups in total. The van der Waals surface area contributed by atoms with Crippen molar-refractivity contribution in [3.05, 3.63) is 42.0 Å². The van der Waals surface area contributed by atoms with Crippen molar-refractivity contribution in [2.75, 3.05) is 0 Å². The van der Waals surface area contributed by atoms with Crippen molar-refractivity contribution in [1.29, 1.82) is 0 Å². The van der Waals surface area contributed by atoms with E-state index in [2.05, 4.69) is 12.6 Å². The molecule has 0 aliphatic heterocycles. The van der Waals surface area contributed by atoms with Crippen LogP contribution in [0.4, 0.5) is 0 Å². The van der Waals surface area contributed by atoms with Crippen molar-refractivity contribution in [3.63, 3.8) is 0 Å². The lowest BCUT2D eigenvalue weighted by Gasteiger charge is -1.95. The zero-order chi connectivity index (χ0) is 11.1. The van der Waals surface area contributed by atoms with Gasteiger partial charge in [-0.05, 0) is 18.2 Å². The highest BCUT2D eigenvalue weighted by molar-refractivity contribution is 7.80. The van der Waals surface area contributed by atoms with Crippen LogP contribution in [0.3, 0.4) is 0 Å². The van der Waals surface area contributed by atoms with Crippen LogP contribution in [0.5, 0.6) is 0 Å². The van der Waals surface area contributed by atoms with Crippen molar-refractivity contribution in [3.8, 4) is 0 Å². The molecule has 3 rings (SSSR count). The average Bonchev–Trinajstić information content (AvgIpc) is 2.67. The minimum absolute atomic E-state index is 0.00903. The lowest BCUT2D eigenvalue weighted by molar-refractivity contribution is 0.282. The lowest BCUT2D eigenvalue weighted by Crippen LogP contribution is -1.81. The van der Waals surface area contributed by atoms with Crippen LogP contribution in [-0.2, 0) is 6.61 Å². The third-order valence-corrected chi connectivity index (χ3v) is 3.01. The standard InChI is InChI=1S/C13H10O2S/c14-7-8-2-1-3-10-11-6-9(16)4-5-12(11)15-13(8)10/h1-6,14,16H,7H2. The Morgan fingerprint density at radius 1 is 1.12 bits per heavy atom. The number of aliphatic hydroxyl groups excluding tert-OH is 1. The predicted molar refractivity (Wildman–Crippen MR) is 66.9 cm³/mol. The molecule has 0 radical (unpaired) electrons. The van der Waals surface area contributed by atoms with E-state index in [1.54, 1.807) is 0 Å². The number of hydrogen-bond donors (Lipinski definition) is 2. The Morgan fingerprint density at radius 3 is 2.81 bits per heavy atom. The molecular formula is C13H10O2S. The fourth-order valence-electron chi connectivity index (χ4n) is 1.97. The Hall–Kier alpha value is -1.45. The molecular weight excluding hydrogens is 220 g/mol. The molecule has 0 saturated heterocycles. The molecule has 0 saturated carbocycles. The molecule has 0 aliphatic carbocycles. The average molecular weight is 230 g/mol. The van der Waals surface area contributed by atoms with E-state index in [0.29, 0.717) is 0 Å². The predicted octanol–water partition coefficient (Wildman–Crippen LogP) is 3.37. The van der Waals surface area contributed by atoms with E-state index in [1.165, 1.54) is 0 Å². The van der Waals surface area contributed by atoms with E-state index < -0.39 is 0 Å². The normalized spacial score (nSPS) is 11.4. The molecule has 0 unspecified atom stereocenters. The van der Waals surface area contributed by atoms with Gasteiger partial charge in [-0.3, -0.25) is 0 Å². The lowest BCUT2D eigenvalue weighted by atomic mass is 10.1. The maximum absolute atomic E-state index is 9.24. The quantitative estimate of drug-likeness (QED) is 0.628. The molecule has 3 aromatic rings. The second kappa shape index (κ2) is 3.54. The molecule has 16 heavy (non-hydrogen) atoms. The number of para-hydroxylation sites is 1. The first kappa shape index (κ1) is 9.75. The Morgan fingerprint density at radius 2 is 2.00 bits per heavy atom. The van der Waals surface area contributed by atoms with Gasteiger partial charge in [0.1, 0.15) is 11.2 Å². The molecule has 0 fully saturated rings. The summed E-state index contributed by atoms with van der Waals surface area (Å²) in [5.41, 5.74) is 2.40. The molecule has 2 nitrogen and oxygen atoms in total. The van der Waals surface area contributed by atoms with E-state index in [1.807, 2.05) is 36.4 Å². The van der Waals surface area contributed by atoms with Crippen molar-refractivity contribution < 1.29 is 9.52 Å². The second-order valence-corrected chi connectivity index (χ2v) is 4.25. The zero-order valence-electron chi connectivity index (χ0n) is 8.47. The van der Waals surface area contributed by atoms with Crippen LogP contribution in [-0.4, -0.2) is 5.11 Å². The first-order valence-electron chi connectivity index (χ1n) is 5.03. The molecule has 0 spiro atoms. The van der Waals surface area contributed by atoms with Gasteiger partial charge >= 0.3 is 0 Å². The smallest absolute Gasteiger partial charge is 0.140 e. The Kier molecular flexibility index (Phi) is 2.16. The number of aliphatic hydroxyl groups is 1. The van der Waals surface area contributed by atoms with Gasteiger partial charge in [0, 0.05) is 21.2 Å². The van der Waals surface area contributed by atoms with Crippen LogP contribution in [0.2, 0.25) is 0 Å². The largest absolute Gasteiger partial charge is 0.456 e. The van der Waals surface area contributed by atoms with Crippen LogP contribution in [0.25, 0.3) is 21.9 Å². The number of thiol groups is 1. The van der Waals surface area contributed by atoms with Crippen molar-refractivity contribution in [2.24, 2.45) is 0 Å². The Balaban J connectivity index is 2.50. The summed E-state index contributed by atoms with van der Waals surface area (Å²) < 4.78 is 5.74. The van der Waals surface area contributed by atoms with Gasteiger partial charge in [-0.1, -0.05) is 18.2 Å². The summed E-state index contributed by atoms with van der Waals surface area (Å²) in [5.74, 6) is 0. The monoisotopic (exact) mass is 230 g/mol. The first-order chi connectivity index (χ1) is 7.79. The van der Waals surface area contributed by atoms with Gasteiger partial charge < -0.3 is 9.52 Å². The highest BCUT2D eigenvalue weighted by atomic mass is 32.1. The van der Waals surface area contributed by atoms with Gasteiger partial charge in [0.05, 0.1) is 6.61 Å². The van der Waals surface area contributed by atoms with E-state index in [-0.39, 0.29) is 6.61 Å². The van der Waals surface area contributed by atoms with Gasteiger partial charge in [-0.2, -0.15) is 0 Å². The topological polar surface area (TPSA) is 33.4 Å². The maximum atomic E-state index is 9.24. The van der Waals surface area contributed by atoms with E-state index in [0.717, 1.165) is 32.4 Å². The van der Waals surface area contributed by atoms with Crippen LogP contribution < -0.4 is 0 Å². The highest BCUT2D eigenvalue weighted by Crippen LogP contribution is 2.32. The molecule has 1 aromatic heterocycles. The van der Waals surface area contributed by atoms with Gasteiger partial charge in [-0.25, -0.2) is 0 Å². The molecule has 0 atom stereocenters. The summed E-state index contributed by atoms with van der Waals surface area (Å²) in [7, 11) is 0. The number of furan rings is 1. The fourth-order valence-corrected chi connectivity index (χ4v) is 2.17. The van der Waals surface area contributed by atoms with Crippen LogP contribution in [0.15, 0.2) is 45.7 Å². The fraction of sp³-hybridized carbons (Fsp3) is 0.0769. The van der Waals surface area contributed by atoms with Crippen LogP contribution >= 0.6 is 12.6 Å². The maximum Gasteiger partial charge on any atom is 0.140 e. The summed E-state index contributed by atoms with van der Waals surface area (Å²) in [6.45, 7) is -0.00903.